The summed E-state index contributed by atoms with van der Waals surface area (Å²) in [5, 5.41) is 8.04. The zero-order valence-corrected chi connectivity index (χ0v) is 6.00. The zero-order chi connectivity index (χ0) is 5.70. The lowest BCUT2D eigenvalue weighted by molar-refractivity contribution is -0.136. The molecule has 0 amide bonds. The molecule has 2 atom stereocenters. The van der Waals surface area contributed by atoms with Gasteiger partial charge in [-0.3, -0.25) is 4.79 Å². The van der Waals surface area contributed by atoms with E-state index in [0.29, 0.717) is 14.7 Å². The largest absolute Gasteiger partial charge is 0.481 e. The fourth-order valence-corrected chi connectivity index (χ4v) is 0.970. The highest BCUT2D eigenvalue weighted by atomic mass is 32.0. The van der Waals surface area contributed by atoms with Gasteiger partial charge in [0.2, 0.25) is 0 Å². The van der Waals surface area contributed by atoms with Crippen molar-refractivity contribution >= 4 is 23.2 Å². The minimum atomic E-state index is -0.699. The Kier molecular flexibility index (Phi) is 4.70. The lowest BCUT2D eigenvalue weighted by Gasteiger charge is -1.86. The van der Waals surface area contributed by atoms with Gasteiger partial charge >= 0.3 is 5.97 Å². The molecule has 0 spiro atoms. The van der Waals surface area contributed by atoms with Gasteiger partial charge in [0.05, 0.1) is 0 Å². The van der Waals surface area contributed by atoms with Gasteiger partial charge in [0, 0.05) is 6.42 Å². The molecule has 0 saturated heterocycles. The van der Waals surface area contributed by atoms with Crippen LogP contribution in [0.2, 0.25) is 0 Å². The summed E-state index contributed by atoms with van der Waals surface area (Å²) >= 11 is 0. The Morgan fingerprint density at radius 3 is 2.57 bits per heavy atom. The van der Waals surface area contributed by atoms with Crippen LogP contribution >= 0.6 is 17.2 Å². The molecule has 0 aromatic heterocycles. The SMILES string of the molecule is O=C(O)CCPP. The first-order valence-electron chi connectivity index (χ1n) is 1.92. The highest BCUT2D eigenvalue weighted by Crippen LogP contribution is 2.19. The van der Waals surface area contributed by atoms with E-state index in [0.717, 1.165) is 6.16 Å². The summed E-state index contributed by atoms with van der Waals surface area (Å²) in [6, 6.07) is 0. The Bertz CT molecular complexity index is 64.0. The third-order valence-electron chi connectivity index (χ3n) is 0.483. The van der Waals surface area contributed by atoms with Crippen LogP contribution in [0, 0.1) is 0 Å². The molecule has 7 heavy (non-hydrogen) atoms. The van der Waals surface area contributed by atoms with Crippen LogP contribution in [0.5, 0.6) is 0 Å². The lowest BCUT2D eigenvalue weighted by Crippen LogP contribution is -1.93. The van der Waals surface area contributed by atoms with Gasteiger partial charge in [0.1, 0.15) is 0 Å². The monoisotopic (exact) mass is 138 g/mol. The van der Waals surface area contributed by atoms with Gasteiger partial charge in [-0.25, -0.2) is 0 Å². The minimum absolute atomic E-state index is 0.307. The van der Waals surface area contributed by atoms with Crippen molar-refractivity contribution in [2.45, 2.75) is 6.42 Å². The van der Waals surface area contributed by atoms with Crippen LogP contribution in [0.3, 0.4) is 0 Å². The van der Waals surface area contributed by atoms with E-state index in [-0.39, 0.29) is 0 Å². The molecule has 1 N–H and O–H groups in total. The zero-order valence-electron chi connectivity index (χ0n) is 3.85. The maximum absolute atomic E-state index is 9.75. The van der Waals surface area contributed by atoms with E-state index in [9.17, 15) is 4.79 Å². The van der Waals surface area contributed by atoms with Crippen molar-refractivity contribution in [1.82, 2.24) is 0 Å². The van der Waals surface area contributed by atoms with Gasteiger partial charge in [-0.15, -0.1) is 17.2 Å². The molecular weight excluding hydrogens is 130 g/mol. The van der Waals surface area contributed by atoms with Crippen LogP contribution in [0.15, 0.2) is 0 Å². The standard InChI is InChI=1S/C3H8O2P2/c4-3(5)1-2-7-6/h7H,1-2,6H2,(H,4,5). The predicted molar refractivity (Wildman–Crippen MR) is 35.1 cm³/mol. The van der Waals surface area contributed by atoms with E-state index in [1.54, 1.807) is 0 Å². The maximum atomic E-state index is 9.75. The van der Waals surface area contributed by atoms with Crippen molar-refractivity contribution in [3.63, 3.8) is 0 Å². The smallest absolute Gasteiger partial charge is 0.303 e. The average molecular weight is 138 g/mol. The molecule has 0 aliphatic heterocycles. The van der Waals surface area contributed by atoms with E-state index in [4.69, 9.17) is 5.11 Å². The van der Waals surface area contributed by atoms with Crippen LogP contribution in [-0.2, 0) is 4.79 Å². The summed E-state index contributed by atoms with van der Waals surface area (Å²) in [5.74, 6) is -0.699. The van der Waals surface area contributed by atoms with E-state index in [1.807, 2.05) is 0 Å². The first-order valence-corrected chi connectivity index (χ1v) is 4.94. The van der Waals surface area contributed by atoms with Crippen molar-refractivity contribution in [3.05, 3.63) is 0 Å². The summed E-state index contributed by atoms with van der Waals surface area (Å²) in [5.41, 5.74) is 0. The summed E-state index contributed by atoms with van der Waals surface area (Å²) in [7, 11) is 3.20. The van der Waals surface area contributed by atoms with E-state index in [2.05, 4.69) is 8.93 Å². The molecule has 2 unspecified atom stereocenters. The quantitative estimate of drug-likeness (QED) is 0.589. The predicted octanol–water partition coefficient (Wildman–Crippen LogP) is 0.930. The second-order valence-corrected chi connectivity index (χ2v) is 3.23. The van der Waals surface area contributed by atoms with Gasteiger partial charge in [0.15, 0.2) is 0 Å². The van der Waals surface area contributed by atoms with Gasteiger partial charge in [-0.2, -0.15) is 0 Å². The van der Waals surface area contributed by atoms with Crippen LogP contribution < -0.4 is 0 Å². The van der Waals surface area contributed by atoms with Gasteiger partial charge in [-0.1, -0.05) is 0 Å². The number of rotatable bonds is 3. The Labute approximate surface area is 46.6 Å². The number of hydrogen-bond donors (Lipinski definition) is 1. The summed E-state index contributed by atoms with van der Waals surface area (Å²) in [6.45, 7) is 0. The highest BCUT2D eigenvalue weighted by Gasteiger charge is 1.90. The molecule has 0 aromatic carbocycles. The molecule has 0 aliphatic rings. The Hall–Kier alpha value is 0.330. The fraction of sp³-hybridized carbons (Fsp3) is 0.667. The van der Waals surface area contributed by atoms with Crippen LogP contribution in [0.4, 0.5) is 0 Å². The second kappa shape index (κ2) is 4.49. The van der Waals surface area contributed by atoms with Crippen LogP contribution in [-0.4, -0.2) is 17.2 Å². The number of carboxylic acid groups (broad SMARTS) is 1. The Balaban J connectivity index is 2.82. The molecule has 4 heteroatoms. The average Bonchev–Trinajstić information content (AvgIpc) is 1.61. The van der Waals surface area contributed by atoms with E-state index >= 15 is 0 Å². The molecule has 0 saturated carbocycles. The third-order valence-corrected chi connectivity index (χ3v) is 1.89. The normalized spacial score (nSPS) is 10.4. The molecule has 0 aliphatic carbocycles. The number of aliphatic carboxylic acids is 1. The number of hydrogen-bond acceptors (Lipinski definition) is 1. The third kappa shape index (κ3) is 6.33. The molecule has 0 radical (unpaired) electrons. The van der Waals surface area contributed by atoms with Crippen LogP contribution in [0.25, 0.3) is 0 Å². The van der Waals surface area contributed by atoms with Crippen molar-refractivity contribution in [1.29, 1.82) is 0 Å². The fourth-order valence-electron chi connectivity index (χ4n) is 0.179. The first kappa shape index (κ1) is 7.33. The van der Waals surface area contributed by atoms with Crippen molar-refractivity contribution in [3.8, 4) is 0 Å². The number of carbonyl (C=O) groups is 1. The molecule has 42 valence electrons. The summed E-state index contributed by atoms with van der Waals surface area (Å²) in [4.78, 5) is 9.75. The Morgan fingerprint density at radius 2 is 2.43 bits per heavy atom. The molecule has 0 aromatic rings. The van der Waals surface area contributed by atoms with E-state index in [1.165, 1.54) is 0 Å². The minimum Gasteiger partial charge on any atom is -0.481 e. The maximum Gasteiger partial charge on any atom is 0.303 e. The van der Waals surface area contributed by atoms with Crippen molar-refractivity contribution in [2.75, 3.05) is 6.16 Å². The topological polar surface area (TPSA) is 37.3 Å². The van der Waals surface area contributed by atoms with Crippen molar-refractivity contribution in [2.24, 2.45) is 0 Å². The Morgan fingerprint density at radius 1 is 1.86 bits per heavy atom. The van der Waals surface area contributed by atoms with Gasteiger partial charge in [-0.05, 0) is 6.16 Å². The van der Waals surface area contributed by atoms with Crippen molar-refractivity contribution < 1.29 is 9.90 Å². The summed E-state index contributed by atoms with van der Waals surface area (Å²) < 4.78 is 0. The van der Waals surface area contributed by atoms with Gasteiger partial charge < -0.3 is 5.11 Å². The number of carboxylic acids is 1. The second-order valence-electron chi connectivity index (χ2n) is 1.10. The van der Waals surface area contributed by atoms with E-state index < -0.39 is 5.97 Å². The van der Waals surface area contributed by atoms with Crippen LogP contribution in [0.1, 0.15) is 6.42 Å². The summed E-state index contributed by atoms with van der Waals surface area (Å²) in [6.07, 6.45) is 1.10. The lowest BCUT2D eigenvalue weighted by atomic mass is 10.5. The molecule has 0 bridgehead atoms. The molecular formula is C3H8O2P2. The molecule has 2 nitrogen and oxygen atoms in total. The van der Waals surface area contributed by atoms with Gasteiger partial charge in [0.25, 0.3) is 0 Å². The molecule has 0 rings (SSSR count). The first-order chi connectivity index (χ1) is 3.27. The molecule has 0 heterocycles. The highest BCUT2D eigenvalue weighted by molar-refractivity contribution is 8.02. The molecule has 0 fully saturated rings.